The smallest absolute Gasteiger partial charge is 0.254 e. The maximum Gasteiger partial charge on any atom is 0.254 e. The summed E-state index contributed by atoms with van der Waals surface area (Å²) in [5.74, 6) is 0.901. The summed E-state index contributed by atoms with van der Waals surface area (Å²) in [6.07, 6.45) is 2.07. The number of hydrazone groups is 1. The molecule has 0 fully saturated rings. The van der Waals surface area contributed by atoms with Gasteiger partial charge in [-0.3, -0.25) is 4.79 Å². The molecule has 1 aromatic heterocycles. The minimum atomic E-state index is -0.00241. The Morgan fingerprint density at radius 1 is 1.40 bits per heavy atom. The topological polar surface area (TPSA) is 45.6 Å². The Bertz CT molecular complexity index is 398. The number of carbonyl (C=O) groups excluding carboxylic acids is 1. The highest BCUT2D eigenvalue weighted by atomic mass is 16.2. The number of amides is 1. The van der Waals surface area contributed by atoms with Gasteiger partial charge in [0.15, 0.2) is 5.82 Å². The van der Waals surface area contributed by atoms with E-state index in [1.54, 1.807) is 12.3 Å². The molecule has 0 spiro atoms. The third kappa shape index (κ3) is 1.88. The van der Waals surface area contributed by atoms with Gasteiger partial charge in [0.1, 0.15) is 0 Å². The van der Waals surface area contributed by atoms with E-state index in [0.717, 1.165) is 5.71 Å². The van der Waals surface area contributed by atoms with Crippen molar-refractivity contribution in [3.8, 4) is 0 Å². The molecule has 0 unspecified atom stereocenters. The molecule has 0 atom stereocenters. The summed E-state index contributed by atoms with van der Waals surface area (Å²) in [5.41, 5.74) is 0.922. The van der Waals surface area contributed by atoms with Gasteiger partial charge in [-0.15, -0.1) is 0 Å². The standard InChI is InChI=1S/C11H13N3O/c1-8(2)9-7-11(15)14(13-9)10-5-3-4-6-12-10/h3-6,8H,7H2,1-2H3. The van der Waals surface area contributed by atoms with Gasteiger partial charge in [0.25, 0.3) is 5.91 Å². The Kier molecular flexibility index (Phi) is 2.49. The number of anilines is 1. The first-order chi connectivity index (χ1) is 7.18. The highest BCUT2D eigenvalue weighted by molar-refractivity contribution is 6.13. The fraction of sp³-hybridized carbons (Fsp3) is 0.364. The lowest BCUT2D eigenvalue weighted by Gasteiger charge is -2.09. The van der Waals surface area contributed by atoms with Crippen LogP contribution >= 0.6 is 0 Å². The third-order valence-corrected chi connectivity index (χ3v) is 2.33. The molecule has 15 heavy (non-hydrogen) atoms. The Morgan fingerprint density at radius 2 is 2.20 bits per heavy atom. The first-order valence-corrected chi connectivity index (χ1v) is 5.00. The van der Waals surface area contributed by atoms with Crippen LogP contribution < -0.4 is 5.01 Å². The van der Waals surface area contributed by atoms with Crippen LogP contribution in [0.5, 0.6) is 0 Å². The van der Waals surface area contributed by atoms with Crippen LogP contribution in [0.3, 0.4) is 0 Å². The Morgan fingerprint density at radius 3 is 2.73 bits per heavy atom. The number of pyridine rings is 1. The van der Waals surface area contributed by atoms with Crippen molar-refractivity contribution in [2.75, 3.05) is 5.01 Å². The van der Waals surface area contributed by atoms with E-state index >= 15 is 0 Å². The number of carbonyl (C=O) groups is 1. The number of hydrogen-bond acceptors (Lipinski definition) is 3. The molecule has 1 aliphatic heterocycles. The van der Waals surface area contributed by atoms with E-state index < -0.39 is 0 Å². The van der Waals surface area contributed by atoms with Crippen molar-refractivity contribution in [3.63, 3.8) is 0 Å². The van der Waals surface area contributed by atoms with Crippen molar-refractivity contribution in [1.29, 1.82) is 0 Å². The van der Waals surface area contributed by atoms with Crippen molar-refractivity contribution < 1.29 is 4.79 Å². The van der Waals surface area contributed by atoms with Crippen LogP contribution in [-0.4, -0.2) is 16.6 Å². The average molecular weight is 203 g/mol. The van der Waals surface area contributed by atoms with Crippen molar-refractivity contribution in [3.05, 3.63) is 24.4 Å². The Hall–Kier alpha value is -1.71. The number of aromatic nitrogens is 1. The van der Waals surface area contributed by atoms with E-state index in [1.807, 2.05) is 26.0 Å². The van der Waals surface area contributed by atoms with E-state index in [-0.39, 0.29) is 5.91 Å². The molecular weight excluding hydrogens is 190 g/mol. The van der Waals surface area contributed by atoms with E-state index in [4.69, 9.17) is 0 Å². The SMILES string of the molecule is CC(C)C1=NN(c2ccccn2)C(=O)C1. The third-order valence-electron chi connectivity index (χ3n) is 2.33. The lowest BCUT2D eigenvalue weighted by Crippen LogP contribution is -2.20. The molecule has 0 aliphatic carbocycles. The maximum atomic E-state index is 11.7. The van der Waals surface area contributed by atoms with Crippen LogP contribution in [-0.2, 0) is 4.79 Å². The molecule has 0 saturated heterocycles. The summed E-state index contributed by atoms with van der Waals surface area (Å²) in [7, 11) is 0. The largest absolute Gasteiger partial charge is 0.272 e. The van der Waals surface area contributed by atoms with Crippen molar-refractivity contribution >= 4 is 17.4 Å². The van der Waals surface area contributed by atoms with Gasteiger partial charge in [-0.05, 0) is 18.1 Å². The molecule has 0 radical (unpaired) electrons. The predicted octanol–water partition coefficient (Wildman–Crippen LogP) is 1.83. The molecule has 1 amide bonds. The van der Waals surface area contributed by atoms with Gasteiger partial charge in [-0.25, -0.2) is 4.98 Å². The van der Waals surface area contributed by atoms with Gasteiger partial charge in [0.2, 0.25) is 0 Å². The molecule has 4 nitrogen and oxygen atoms in total. The summed E-state index contributed by atoms with van der Waals surface area (Å²) in [4.78, 5) is 15.8. The summed E-state index contributed by atoms with van der Waals surface area (Å²) >= 11 is 0. The summed E-state index contributed by atoms with van der Waals surface area (Å²) in [5, 5.41) is 5.66. The molecule has 1 aromatic rings. The quantitative estimate of drug-likeness (QED) is 0.736. The van der Waals surface area contributed by atoms with E-state index in [1.165, 1.54) is 5.01 Å². The van der Waals surface area contributed by atoms with Crippen LogP contribution in [0.15, 0.2) is 29.5 Å². The monoisotopic (exact) mass is 203 g/mol. The zero-order valence-corrected chi connectivity index (χ0v) is 8.84. The second-order valence-electron chi connectivity index (χ2n) is 3.82. The van der Waals surface area contributed by atoms with Gasteiger partial charge in [0.05, 0.1) is 12.1 Å². The normalized spacial score (nSPS) is 16.1. The Balaban J connectivity index is 2.28. The van der Waals surface area contributed by atoms with Gasteiger partial charge >= 0.3 is 0 Å². The highest BCUT2D eigenvalue weighted by Crippen LogP contribution is 2.19. The van der Waals surface area contributed by atoms with Crippen LogP contribution in [0, 0.1) is 5.92 Å². The lowest BCUT2D eigenvalue weighted by molar-refractivity contribution is -0.117. The van der Waals surface area contributed by atoms with Crippen LogP contribution in [0.4, 0.5) is 5.82 Å². The number of hydrogen-bond donors (Lipinski definition) is 0. The van der Waals surface area contributed by atoms with Gasteiger partial charge in [-0.1, -0.05) is 19.9 Å². The molecule has 2 heterocycles. The molecule has 2 rings (SSSR count). The highest BCUT2D eigenvalue weighted by Gasteiger charge is 2.27. The minimum absolute atomic E-state index is 0.00241. The summed E-state index contributed by atoms with van der Waals surface area (Å²) in [6.45, 7) is 4.07. The van der Waals surface area contributed by atoms with E-state index in [2.05, 4.69) is 10.1 Å². The maximum absolute atomic E-state index is 11.7. The van der Waals surface area contributed by atoms with Crippen molar-refractivity contribution in [2.45, 2.75) is 20.3 Å². The second-order valence-corrected chi connectivity index (χ2v) is 3.82. The fourth-order valence-corrected chi connectivity index (χ4v) is 1.43. The predicted molar refractivity (Wildman–Crippen MR) is 58.6 cm³/mol. The first-order valence-electron chi connectivity index (χ1n) is 5.00. The molecule has 1 aliphatic rings. The molecular formula is C11H13N3O. The molecule has 4 heteroatoms. The van der Waals surface area contributed by atoms with E-state index in [9.17, 15) is 4.79 Å². The van der Waals surface area contributed by atoms with Crippen LogP contribution in [0.1, 0.15) is 20.3 Å². The molecule has 78 valence electrons. The number of nitrogens with zero attached hydrogens (tertiary/aromatic N) is 3. The van der Waals surface area contributed by atoms with Gasteiger partial charge in [0, 0.05) is 6.20 Å². The molecule has 0 bridgehead atoms. The van der Waals surface area contributed by atoms with Crippen molar-refractivity contribution in [2.24, 2.45) is 11.0 Å². The molecule has 0 N–H and O–H groups in total. The molecule has 0 saturated carbocycles. The van der Waals surface area contributed by atoms with Crippen LogP contribution in [0.2, 0.25) is 0 Å². The summed E-state index contributed by atoms with van der Waals surface area (Å²) in [6, 6.07) is 5.44. The Labute approximate surface area is 88.6 Å². The molecule has 0 aromatic carbocycles. The average Bonchev–Trinajstić information content (AvgIpc) is 2.62. The van der Waals surface area contributed by atoms with Crippen LogP contribution in [0.25, 0.3) is 0 Å². The van der Waals surface area contributed by atoms with Crippen molar-refractivity contribution in [1.82, 2.24) is 4.98 Å². The first kappa shape index (κ1) is 9.83. The lowest BCUT2D eigenvalue weighted by atomic mass is 10.1. The summed E-state index contributed by atoms with van der Waals surface area (Å²) < 4.78 is 0. The minimum Gasteiger partial charge on any atom is -0.272 e. The van der Waals surface area contributed by atoms with E-state index in [0.29, 0.717) is 18.2 Å². The number of rotatable bonds is 2. The second kappa shape index (κ2) is 3.81. The van der Waals surface area contributed by atoms with Gasteiger partial charge in [-0.2, -0.15) is 10.1 Å². The van der Waals surface area contributed by atoms with Gasteiger partial charge < -0.3 is 0 Å². The zero-order valence-electron chi connectivity index (χ0n) is 8.84. The fourth-order valence-electron chi connectivity index (χ4n) is 1.43. The zero-order chi connectivity index (χ0) is 10.8.